The Morgan fingerprint density at radius 3 is 2.65 bits per heavy atom. The number of aromatic nitrogens is 3. The number of hydrogen-bond donors (Lipinski definition) is 4. The zero-order valence-electron chi connectivity index (χ0n) is 16.5. The topological polar surface area (TPSA) is 112 Å². The third-order valence-electron chi connectivity index (χ3n) is 5.65. The molecule has 3 heterocycles. The molecule has 4 aromatic rings. The normalized spacial score (nSPS) is 15.7. The first-order valence-corrected chi connectivity index (χ1v) is 9.74. The van der Waals surface area contributed by atoms with Crippen LogP contribution in [0.3, 0.4) is 0 Å². The third kappa shape index (κ3) is 3.01. The second-order valence-corrected chi connectivity index (χ2v) is 7.37. The first kappa shape index (κ1) is 19.1. The molecule has 2 aromatic carbocycles. The van der Waals surface area contributed by atoms with Crippen molar-refractivity contribution in [3.05, 3.63) is 85.9 Å². The third-order valence-corrected chi connectivity index (χ3v) is 5.65. The number of fused-ring (bicyclic) bond motifs is 3. The highest BCUT2D eigenvalue weighted by molar-refractivity contribution is 5.86. The van der Waals surface area contributed by atoms with Crippen molar-refractivity contribution in [1.29, 1.82) is 0 Å². The van der Waals surface area contributed by atoms with Gasteiger partial charge in [-0.2, -0.15) is 0 Å². The molecule has 158 valence electrons. The van der Waals surface area contributed by atoms with Gasteiger partial charge in [-0.25, -0.2) is 13.8 Å². The van der Waals surface area contributed by atoms with Gasteiger partial charge in [0.25, 0.3) is 5.56 Å². The van der Waals surface area contributed by atoms with E-state index < -0.39 is 29.0 Å². The predicted molar refractivity (Wildman–Crippen MR) is 113 cm³/mol. The molecule has 4 N–H and O–H groups in total. The zero-order chi connectivity index (χ0) is 21.7. The first-order valence-electron chi connectivity index (χ1n) is 9.74. The number of nitrogens with one attached hydrogen (secondary N) is 3. The van der Waals surface area contributed by atoms with Crippen molar-refractivity contribution in [2.24, 2.45) is 0 Å². The molecule has 0 aliphatic carbocycles. The number of hydrogen-bond acceptors (Lipinski definition) is 5. The van der Waals surface area contributed by atoms with Crippen molar-refractivity contribution < 1.29 is 14.2 Å². The summed E-state index contributed by atoms with van der Waals surface area (Å²) in [5, 5.41) is 15.2. The summed E-state index contributed by atoms with van der Waals surface area (Å²) in [6, 6.07) is 10.1. The summed E-state index contributed by atoms with van der Waals surface area (Å²) < 4.78 is 19.6. The second-order valence-electron chi connectivity index (χ2n) is 7.37. The Hall–Kier alpha value is -3.85. The van der Waals surface area contributed by atoms with Gasteiger partial charge in [0.05, 0.1) is 18.8 Å². The van der Waals surface area contributed by atoms with Crippen molar-refractivity contribution in [1.82, 2.24) is 19.9 Å². The van der Waals surface area contributed by atoms with Gasteiger partial charge in [0.15, 0.2) is 0 Å². The number of H-pyrrole nitrogens is 2. The van der Waals surface area contributed by atoms with E-state index >= 15 is 0 Å². The van der Waals surface area contributed by atoms with Crippen LogP contribution in [0.25, 0.3) is 16.6 Å². The Morgan fingerprint density at radius 1 is 1.13 bits per heavy atom. The fourth-order valence-electron chi connectivity index (χ4n) is 4.21. The summed E-state index contributed by atoms with van der Waals surface area (Å²) in [7, 11) is 1.60. The van der Waals surface area contributed by atoms with Gasteiger partial charge < -0.3 is 20.1 Å². The van der Waals surface area contributed by atoms with E-state index in [1.165, 1.54) is 24.3 Å². The van der Waals surface area contributed by atoms with Crippen molar-refractivity contribution >= 4 is 10.9 Å². The smallest absolute Gasteiger partial charge is 0.335 e. The second kappa shape index (κ2) is 7.13. The fourth-order valence-corrected chi connectivity index (χ4v) is 4.21. The van der Waals surface area contributed by atoms with Crippen LogP contribution >= 0.6 is 0 Å². The van der Waals surface area contributed by atoms with Crippen LogP contribution < -0.4 is 21.3 Å². The van der Waals surface area contributed by atoms with Crippen LogP contribution in [0.5, 0.6) is 11.6 Å². The van der Waals surface area contributed by atoms with Gasteiger partial charge in [0, 0.05) is 23.1 Å². The molecule has 9 heteroatoms. The van der Waals surface area contributed by atoms with Gasteiger partial charge in [0.1, 0.15) is 17.1 Å². The molecule has 0 saturated carbocycles. The summed E-state index contributed by atoms with van der Waals surface area (Å²) in [6.45, 7) is 0.566. The maximum absolute atomic E-state index is 13.3. The lowest BCUT2D eigenvalue weighted by atomic mass is 9.95. The van der Waals surface area contributed by atoms with Crippen LogP contribution in [0, 0.1) is 5.82 Å². The van der Waals surface area contributed by atoms with E-state index in [9.17, 15) is 19.1 Å². The number of rotatable bonds is 3. The maximum Gasteiger partial charge on any atom is 0.335 e. The zero-order valence-corrected chi connectivity index (χ0v) is 16.5. The lowest BCUT2D eigenvalue weighted by Crippen LogP contribution is -2.38. The molecule has 5 rings (SSSR count). The lowest BCUT2D eigenvalue weighted by molar-refractivity contribution is 0.409. The lowest BCUT2D eigenvalue weighted by Gasteiger charge is -2.25. The van der Waals surface area contributed by atoms with Gasteiger partial charge in [-0.05, 0) is 54.4 Å². The average molecular weight is 422 g/mol. The summed E-state index contributed by atoms with van der Waals surface area (Å²) in [4.78, 5) is 30.8. The van der Waals surface area contributed by atoms with Crippen LogP contribution in [-0.2, 0) is 6.42 Å². The van der Waals surface area contributed by atoms with Gasteiger partial charge in [0.2, 0.25) is 5.88 Å². The van der Waals surface area contributed by atoms with E-state index in [1.54, 1.807) is 7.11 Å². The highest BCUT2D eigenvalue weighted by Crippen LogP contribution is 2.36. The summed E-state index contributed by atoms with van der Waals surface area (Å²) >= 11 is 0. The molecule has 1 unspecified atom stereocenters. The maximum atomic E-state index is 13.3. The Bertz CT molecular complexity index is 1420. The first-order chi connectivity index (χ1) is 15.0. The molecule has 0 amide bonds. The largest absolute Gasteiger partial charge is 0.497 e. The van der Waals surface area contributed by atoms with E-state index in [4.69, 9.17) is 4.74 Å². The Labute approximate surface area is 174 Å². The van der Waals surface area contributed by atoms with Gasteiger partial charge >= 0.3 is 5.69 Å². The molecular formula is C22H19FN4O4. The van der Waals surface area contributed by atoms with E-state index in [2.05, 4.69) is 15.3 Å². The molecule has 1 aliphatic heterocycles. The molecule has 0 radical (unpaired) electrons. The number of aromatic hydroxyl groups is 1. The number of aromatic amines is 2. The highest BCUT2D eigenvalue weighted by Gasteiger charge is 2.31. The Morgan fingerprint density at radius 2 is 1.90 bits per heavy atom. The molecule has 1 aliphatic rings. The standard InChI is InChI=1S/C22H19FN4O4/c1-31-13-6-7-16-15(10-13)14-8-9-24-19(18(14)25-16)17-20(28)26-22(30)27(21(17)29)12-4-2-11(23)3-5-12/h2-7,10,19,24-25,29H,8-9H2,1H3,(H,26,28,30). The monoisotopic (exact) mass is 422 g/mol. The highest BCUT2D eigenvalue weighted by atomic mass is 19.1. The van der Waals surface area contributed by atoms with Crippen molar-refractivity contribution in [2.45, 2.75) is 12.5 Å². The quantitative estimate of drug-likeness (QED) is 0.404. The fraction of sp³-hybridized carbons (Fsp3) is 0.182. The summed E-state index contributed by atoms with van der Waals surface area (Å²) in [5.74, 6) is -0.259. The SMILES string of the molecule is COc1ccc2[nH]c3c(c2c1)CCNC3c1c(O)n(-c2ccc(F)cc2)c(=O)[nH]c1=O. The van der Waals surface area contributed by atoms with Crippen molar-refractivity contribution in [3.8, 4) is 17.3 Å². The van der Waals surface area contributed by atoms with Crippen LogP contribution in [0.2, 0.25) is 0 Å². The van der Waals surface area contributed by atoms with Gasteiger partial charge in [-0.1, -0.05) is 0 Å². The van der Waals surface area contributed by atoms with Gasteiger partial charge in [-0.15, -0.1) is 0 Å². The molecule has 0 saturated heterocycles. The minimum Gasteiger partial charge on any atom is -0.497 e. The number of nitrogens with zero attached hydrogens (tertiary/aromatic N) is 1. The molecule has 1 atom stereocenters. The molecule has 2 aromatic heterocycles. The Balaban J connectivity index is 1.72. The molecule has 8 nitrogen and oxygen atoms in total. The predicted octanol–water partition coefficient (Wildman–Crippen LogP) is 2.10. The molecule has 0 bridgehead atoms. The molecule has 0 fully saturated rings. The van der Waals surface area contributed by atoms with Crippen LogP contribution in [0.1, 0.15) is 22.9 Å². The molecule has 31 heavy (non-hydrogen) atoms. The average Bonchev–Trinajstić information content (AvgIpc) is 3.13. The summed E-state index contributed by atoms with van der Waals surface area (Å²) in [6.07, 6.45) is 0.718. The molecule has 0 spiro atoms. The van der Waals surface area contributed by atoms with Crippen molar-refractivity contribution in [3.63, 3.8) is 0 Å². The number of ether oxygens (including phenoxy) is 1. The minimum atomic E-state index is -0.810. The van der Waals surface area contributed by atoms with E-state index in [0.29, 0.717) is 6.54 Å². The Kier molecular flexibility index (Phi) is 4.40. The van der Waals surface area contributed by atoms with E-state index in [0.717, 1.165) is 38.9 Å². The number of methoxy groups -OCH3 is 1. The number of benzene rings is 2. The van der Waals surface area contributed by atoms with E-state index in [-0.39, 0.29) is 11.3 Å². The summed E-state index contributed by atoms with van der Waals surface area (Å²) in [5.41, 5.74) is 1.36. The van der Waals surface area contributed by atoms with Crippen LogP contribution in [0.15, 0.2) is 52.1 Å². The minimum absolute atomic E-state index is 0.00314. The van der Waals surface area contributed by atoms with Gasteiger partial charge in [-0.3, -0.25) is 9.78 Å². The van der Waals surface area contributed by atoms with Crippen molar-refractivity contribution in [2.75, 3.05) is 13.7 Å². The van der Waals surface area contributed by atoms with Crippen LogP contribution in [-0.4, -0.2) is 33.3 Å². The number of halogens is 1. The molecular weight excluding hydrogens is 403 g/mol. The van der Waals surface area contributed by atoms with Crippen LogP contribution in [0.4, 0.5) is 4.39 Å². The van der Waals surface area contributed by atoms with E-state index in [1.807, 2.05) is 18.2 Å².